The van der Waals surface area contributed by atoms with Crippen molar-refractivity contribution in [3.05, 3.63) is 35.4 Å². The van der Waals surface area contributed by atoms with Crippen molar-refractivity contribution in [2.75, 3.05) is 6.54 Å². The smallest absolute Gasteiger partial charge is 0.261 e. The molecule has 0 saturated carbocycles. The second kappa shape index (κ2) is 5.55. The number of benzene rings is 1. The van der Waals surface area contributed by atoms with Gasteiger partial charge < -0.3 is 14.9 Å². The lowest BCUT2D eigenvalue weighted by atomic mass is 10.0. The van der Waals surface area contributed by atoms with Gasteiger partial charge in [-0.3, -0.25) is 14.5 Å². The summed E-state index contributed by atoms with van der Waals surface area (Å²) < 4.78 is 5.31. The quantitative estimate of drug-likeness (QED) is 0.793. The summed E-state index contributed by atoms with van der Waals surface area (Å²) in [4.78, 5) is 25.5. The molecule has 2 amide bonds. The molecule has 0 unspecified atom stereocenters. The Bertz CT molecular complexity index is 528. The van der Waals surface area contributed by atoms with Gasteiger partial charge in [0.15, 0.2) is 6.29 Å². The second-order valence-electron chi connectivity index (χ2n) is 5.43. The first-order valence-corrected chi connectivity index (χ1v) is 7.03. The SMILES string of the molecule is O=C1c2ccccc2C(=O)N1CC[C@@H]1C[C@@H](O)C[C@H](O)O1. The third kappa shape index (κ3) is 2.70. The van der Waals surface area contributed by atoms with E-state index < -0.39 is 12.4 Å². The van der Waals surface area contributed by atoms with Crippen LogP contribution in [0.25, 0.3) is 0 Å². The first-order valence-electron chi connectivity index (χ1n) is 7.03. The zero-order valence-electron chi connectivity index (χ0n) is 11.4. The van der Waals surface area contributed by atoms with Crippen molar-refractivity contribution in [1.29, 1.82) is 0 Å². The highest BCUT2D eigenvalue weighted by atomic mass is 16.6. The van der Waals surface area contributed by atoms with Gasteiger partial charge in [0.1, 0.15) is 0 Å². The van der Waals surface area contributed by atoms with Gasteiger partial charge in [-0.05, 0) is 25.0 Å². The highest BCUT2D eigenvalue weighted by Gasteiger charge is 2.36. The number of hydrogen-bond donors (Lipinski definition) is 2. The fourth-order valence-electron chi connectivity index (χ4n) is 2.87. The number of amides is 2. The largest absolute Gasteiger partial charge is 0.393 e. The molecule has 0 aliphatic carbocycles. The van der Waals surface area contributed by atoms with Gasteiger partial charge in [0.25, 0.3) is 11.8 Å². The summed E-state index contributed by atoms with van der Waals surface area (Å²) in [7, 11) is 0. The van der Waals surface area contributed by atoms with Gasteiger partial charge in [-0.25, -0.2) is 0 Å². The number of ether oxygens (including phenoxy) is 1. The van der Waals surface area contributed by atoms with Gasteiger partial charge in [-0.2, -0.15) is 0 Å². The van der Waals surface area contributed by atoms with Crippen molar-refractivity contribution in [3.8, 4) is 0 Å². The third-order valence-electron chi connectivity index (χ3n) is 3.91. The predicted octanol–water partition coefficient (Wildman–Crippen LogP) is 0.531. The lowest BCUT2D eigenvalue weighted by molar-refractivity contribution is -0.190. The van der Waals surface area contributed by atoms with E-state index in [9.17, 15) is 19.8 Å². The summed E-state index contributed by atoms with van der Waals surface area (Å²) in [6, 6.07) is 6.73. The van der Waals surface area contributed by atoms with Gasteiger partial charge >= 0.3 is 0 Å². The van der Waals surface area contributed by atoms with Crippen LogP contribution in [0.5, 0.6) is 0 Å². The summed E-state index contributed by atoms with van der Waals surface area (Å²) in [6.07, 6.45) is -0.946. The van der Waals surface area contributed by atoms with E-state index in [0.717, 1.165) is 0 Å². The van der Waals surface area contributed by atoms with Crippen molar-refractivity contribution in [2.24, 2.45) is 0 Å². The van der Waals surface area contributed by atoms with Crippen LogP contribution >= 0.6 is 0 Å². The maximum atomic E-state index is 12.2. The second-order valence-corrected chi connectivity index (χ2v) is 5.43. The highest BCUT2D eigenvalue weighted by molar-refractivity contribution is 6.21. The Morgan fingerprint density at radius 1 is 1.10 bits per heavy atom. The molecule has 6 nitrogen and oxygen atoms in total. The summed E-state index contributed by atoms with van der Waals surface area (Å²) in [5.41, 5.74) is 0.847. The molecule has 6 heteroatoms. The van der Waals surface area contributed by atoms with Crippen LogP contribution in [0, 0.1) is 0 Å². The summed E-state index contributed by atoms with van der Waals surface area (Å²) >= 11 is 0. The predicted molar refractivity (Wildman–Crippen MR) is 72.5 cm³/mol. The maximum Gasteiger partial charge on any atom is 0.261 e. The number of carbonyl (C=O) groups is 2. The normalized spacial score (nSPS) is 28.9. The van der Waals surface area contributed by atoms with Crippen molar-refractivity contribution in [2.45, 2.75) is 37.8 Å². The van der Waals surface area contributed by atoms with Gasteiger partial charge in [0.05, 0.1) is 23.3 Å². The van der Waals surface area contributed by atoms with Crippen molar-refractivity contribution in [1.82, 2.24) is 4.90 Å². The van der Waals surface area contributed by atoms with Crippen LogP contribution in [0.3, 0.4) is 0 Å². The van der Waals surface area contributed by atoms with Crippen LogP contribution in [-0.2, 0) is 4.74 Å². The molecule has 2 aliphatic rings. The molecule has 1 aromatic carbocycles. The zero-order chi connectivity index (χ0) is 15.0. The van der Waals surface area contributed by atoms with E-state index >= 15 is 0 Å². The minimum atomic E-state index is -0.985. The van der Waals surface area contributed by atoms with Crippen LogP contribution in [0.15, 0.2) is 24.3 Å². The molecule has 1 aromatic rings. The number of nitrogens with zero attached hydrogens (tertiary/aromatic N) is 1. The average Bonchev–Trinajstić information content (AvgIpc) is 2.69. The van der Waals surface area contributed by atoms with E-state index in [1.807, 2.05) is 0 Å². The lowest BCUT2D eigenvalue weighted by Gasteiger charge is -2.31. The van der Waals surface area contributed by atoms with Gasteiger partial charge in [0.2, 0.25) is 0 Å². The lowest BCUT2D eigenvalue weighted by Crippen LogP contribution is -2.39. The fraction of sp³-hybridized carbons (Fsp3) is 0.467. The van der Waals surface area contributed by atoms with Crippen molar-refractivity contribution in [3.63, 3.8) is 0 Å². The molecular formula is C15H17NO5. The van der Waals surface area contributed by atoms with E-state index in [4.69, 9.17) is 4.74 Å². The molecule has 0 bridgehead atoms. The summed E-state index contributed by atoms with van der Waals surface area (Å²) in [5, 5.41) is 19.1. The van der Waals surface area contributed by atoms with E-state index in [0.29, 0.717) is 24.0 Å². The molecule has 0 aromatic heterocycles. The van der Waals surface area contributed by atoms with Gasteiger partial charge in [0, 0.05) is 13.0 Å². The number of aliphatic hydroxyl groups is 2. The fourth-order valence-corrected chi connectivity index (χ4v) is 2.87. The van der Waals surface area contributed by atoms with Crippen LogP contribution in [-0.4, -0.2) is 52.0 Å². The molecule has 0 radical (unpaired) electrons. The van der Waals surface area contributed by atoms with E-state index in [2.05, 4.69) is 0 Å². The Hall–Kier alpha value is -1.76. The molecule has 1 fully saturated rings. The molecule has 0 spiro atoms. The molecule has 3 atom stereocenters. The Kier molecular flexibility index (Phi) is 3.75. The summed E-state index contributed by atoms with van der Waals surface area (Å²) in [6.45, 7) is 0.219. The Labute approximate surface area is 121 Å². The first-order chi connectivity index (χ1) is 10.1. The number of hydrogen-bond acceptors (Lipinski definition) is 5. The van der Waals surface area contributed by atoms with Crippen LogP contribution in [0.2, 0.25) is 0 Å². The van der Waals surface area contributed by atoms with Crippen LogP contribution in [0.4, 0.5) is 0 Å². The van der Waals surface area contributed by atoms with E-state index in [1.165, 1.54) is 4.90 Å². The summed E-state index contributed by atoms with van der Waals surface area (Å²) in [5.74, 6) is -0.597. The number of rotatable bonds is 3. The van der Waals surface area contributed by atoms with Crippen LogP contribution < -0.4 is 0 Å². The molecule has 112 valence electrons. The van der Waals surface area contributed by atoms with Crippen molar-refractivity contribution >= 4 is 11.8 Å². The van der Waals surface area contributed by atoms with Crippen LogP contribution in [0.1, 0.15) is 40.0 Å². The molecule has 2 aliphatic heterocycles. The molecule has 3 rings (SSSR count). The number of carbonyl (C=O) groups excluding carboxylic acids is 2. The number of imide groups is 1. The zero-order valence-corrected chi connectivity index (χ0v) is 11.4. The average molecular weight is 291 g/mol. The topological polar surface area (TPSA) is 87.1 Å². The highest BCUT2D eigenvalue weighted by Crippen LogP contribution is 2.25. The van der Waals surface area contributed by atoms with Crippen molar-refractivity contribution < 1.29 is 24.5 Å². The Balaban J connectivity index is 1.64. The molecule has 21 heavy (non-hydrogen) atoms. The van der Waals surface area contributed by atoms with E-state index in [-0.39, 0.29) is 30.9 Å². The third-order valence-corrected chi connectivity index (χ3v) is 3.91. The first kappa shape index (κ1) is 14.2. The molecule has 1 saturated heterocycles. The standard InChI is InChI=1S/C15H17NO5/c17-9-7-10(21-13(18)8-9)5-6-16-14(19)11-3-1-2-4-12(11)15(16)20/h1-4,9-10,13,17-18H,5-8H2/t9-,10-,13-/m1/s1. The maximum absolute atomic E-state index is 12.2. The van der Waals surface area contributed by atoms with Gasteiger partial charge in [-0.1, -0.05) is 12.1 Å². The Morgan fingerprint density at radius 3 is 2.29 bits per heavy atom. The Morgan fingerprint density at radius 2 is 1.71 bits per heavy atom. The van der Waals surface area contributed by atoms with Gasteiger partial charge in [-0.15, -0.1) is 0 Å². The monoisotopic (exact) mass is 291 g/mol. The molecular weight excluding hydrogens is 274 g/mol. The van der Waals surface area contributed by atoms with E-state index in [1.54, 1.807) is 24.3 Å². The minimum absolute atomic E-state index is 0.198. The minimum Gasteiger partial charge on any atom is -0.393 e. The molecule has 2 N–H and O–H groups in total. The number of aliphatic hydroxyl groups excluding tert-OH is 2. The number of fused-ring (bicyclic) bond motifs is 1. The molecule has 2 heterocycles.